The molecule has 1 aromatic carbocycles. The van der Waals surface area contributed by atoms with Gasteiger partial charge in [0.05, 0.1) is 19.2 Å². The van der Waals surface area contributed by atoms with Crippen molar-refractivity contribution in [3.8, 4) is 5.75 Å². The van der Waals surface area contributed by atoms with Gasteiger partial charge in [-0.3, -0.25) is 9.79 Å². The molecular weight excluding hydrogens is 476 g/mol. The first kappa shape index (κ1) is 25.3. The Labute approximate surface area is 174 Å². The highest BCUT2D eigenvalue weighted by Crippen LogP contribution is 2.34. The van der Waals surface area contributed by atoms with Crippen molar-refractivity contribution in [1.82, 2.24) is 16.0 Å². The van der Waals surface area contributed by atoms with Crippen molar-refractivity contribution in [2.75, 3.05) is 20.7 Å². The Morgan fingerprint density at radius 2 is 1.81 bits per heavy atom. The van der Waals surface area contributed by atoms with Gasteiger partial charge in [-0.25, -0.2) is 0 Å². The van der Waals surface area contributed by atoms with Gasteiger partial charge in [-0.1, -0.05) is 6.07 Å². The highest BCUT2D eigenvalue weighted by molar-refractivity contribution is 14.0. The highest BCUT2D eigenvalue weighted by Gasteiger charge is 2.33. The summed E-state index contributed by atoms with van der Waals surface area (Å²) < 4.78 is 44.5. The molecule has 10 heteroatoms. The van der Waals surface area contributed by atoms with Gasteiger partial charge in [-0.2, -0.15) is 13.2 Å². The second kappa shape index (κ2) is 10.6. The van der Waals surface area contributed by atoms with E-state index in [4.69, 9.17) is 4.74 Å². The number of alkyl halides is 3. The van der Waals surface area contributed by atoms with Crippen LogP contribution in [-0.4, -0.2) is 38.1 Å². The average molecular weight is 502 g/mol. The molecule has 0 aliphatic heterocycles. The molecule has 6 nitrogen and oxygen atoms in total. The maximum Gasteiger partial charge on any atom is 0.416 e. The molecule has 3 N–H and O–H groups in total. The van der Waals surface area contributed by atoms with E-state index in [1.54, 1.807) is 0 Å². The summed E-state index contributed by atoms with van der Waals surface area (Å²) in [6, 6.07) is 3.75. The molecule has 0 fully saturated rings. The molecule has 154 valence electrons. The Morgan fingerprint density at radius 1 is 1.19 bits per heavy atom. The van der Waals surface area contributed by atoms with Gasteiger partial charge in [-0.15, -0.1) is 24.0 Å². The summed E-state index contributed by atoms with van der Waals surface area (Å²) >= 11 is 0. The number of ether oxygens (including phenoxy) is 1. The summed E-state index contributed by atoms with van der Waals surface area (Å²) in [5.74, 6) is 0.0984. The number of guanidine groups is 1. The van der Waals surface area contributed by atoms with E-state index in [0.717, 1.165) is 6.07 Å². The number of benzene rings is 1. The Kier molecular flexibility index (Phi) is 9.90. The van der Waals surface area contributed by atoms with E-state index in [9.17, 15) is 18.0 Å². The molecular formula is C17H26F3IN4O2. The van der Waals surface area contributed by atoms with E-state index in [1.165, 1.54) is 26.3 Å². The van der Waals surface area contributed by atoms with Crippen LogP contribution in [0.3, 0.4) is 0 Å². The molecule has 0 radical (unpaired) electrons. The normalized spacial score (nSPS) is 12.1. The molecule has 1 aromatic rings. The third-order valence-electron chi connectivity index (χ3n) is 3.22. The largest absolute Gasteiger partial charge is 0.497 e. The average Bonchev–Trinajstić information content (AvgIpc) is 2.52. The number of hydrogen-bond acceptors (Lipinski definition) is 3. The number of amides is 1. The van der Waals surface area contributed by atoms with Gasteiger partial charge in [0.15, 0.2) is 5.96 Å². The van der Waals surface area contributed by atoms with E-state index < -0.39 is 11.7 Å². The number of hydrogen-bond donors (Lipinski definition) is 3. The van der Waals surface area contributed by atoms with Gasteiger partial charge < -0.3 is 20.7 Å². The van der Waals surface area contributed by atoms with Crippen molar-refractivity contribution >= 4 is 35.8 Å². The summed E-state index contributed by atoms with van der Waals surface area (Å²) in [5, 5.41) is 8.30. The van der Waals surface area contributed by atoms with E-state index >= 15 is 0 Å². The number of nitrogens with zero attached hydrogens (tertiary/aromatic N) is 1. The van der Waals surface area contributed by atoms with Gasteiger partial charge in [0.25, 0.3) is 0 Å². The molecule has 0 saturated carbocycles. The van der Waals surface area contributed by atoms with E-state index in [-0.39, 0.29) is 65.8 Å². The standard InChI is InChI=1S/C17H25F3N4O2.HI/c1-16(2,3)24-14(25)10-23-15(21-4)22-9-11-6-7-12(26-5)8-13(11)17(18,19)20;/h6-8H,9-10H2,1-5H3,(H,24,25)(H2,21,22,23);1H. The molecule has 0 saturated heterocycles. The molecule has 0 aromatic heterocycles. The van der Waals surface area contributed by atoms with Crippen LogP contribution in [0.15, 0.2) is 23.2 Å². The first-order valence-corrected chi connectivity index (χ1v) is 7.96. The van der Waals surface area contributed by atoms with E-state index in [2.05, 4.69) is 20.9 Å². The van der Waals surface area contributed by atoms with Gasteiger partial charge in [-0.05, 0) is 38.5 Å². The lowest BCUT2D eigenvalue weighted by Gasteiger charge is -2.21. The maximum absolute atomic E-state index is 13.2. The molecule has 1 amide bonds. The van der Waals surface area contributed by atoms with Gasteiger partial charge in [0, 0.05) is 19.1 Å². The van der Waals surface area contributed by atoms with Crippen molar-refractivity contribution in [3.63, 3.8) is 0 Å². The Bertz CT molecular complexity index is 659. The molecule has 0 spiro atoms. The van der Waals surface area contributed by atoms with Crippen LogP contribution in [0.1, 0.15) is 31.9 Å². The van der Waals surface area contributed by atoms with Crippen LogP contribution >= 0.6 is 24.0 Å². The molecule has 0 aliphatic rings. The van der Waals surface area contributed by atoms with Crippen LogP contribution in [0, 0.1) is 0 Å². The van der Waals surface area contributed by atoms with Crippen LogP contribution < -0.4 is 20.7 Å². The quantitative estimate of drug-likeness (QED) is 0.329. The fourth-order valence-electron chi connectivity index (χ4n) is 2.13. The second-order valence-corrected chi connectivity index (χ2v) is 6.60. The van der Waals surface area contributed by atoms with Gasteiger partial charge in [0.1, 0.15) is 5.75 Å². The van der Waals surface area contributed by atoms with Crippen molar-refractivity contribution in [1.29, 1.82) is 0 Å². The molecule has 0 bridgehead atoms. The first-order chi connectivity index (χ1) is 12.0. The summed E-state index contributed by atoms with van der Waals surface area (Å²) in [7, 11) is 2.78. The molecule has 0 heterocycles. The van der Waals surface area contributed by atoms with Crippen molar-refractivity contribution in [2.24, 2.45) is 4.99 Å². The zero-order valence-corrected chi connectivity index (χ0v) is 18.3. The maximum atomic E-state index is 13.2. The van der Waals surface area contributed by atoms with E-state index in [0.29, 0.717) is 0 Å². The van der Waals surface area contributed by atoms with Crippen LogP contribution in [0.4, 0.5) is 13.2 Å². The number of carbonyl (C=O) groups excluding carboxylic acids is 1. The number of methoxy groups -OCH3 is 1. The predicted octanol–water partition coefficient (Wildman–Crippen LogP) is 2.91. The van der Waals surface area contributed by atoms with Crippen LogP contribution in [0.25, 0.3) is 0 Å². The summed E-state index contributed by atoms with van der Waals surface area (Å²) in [4.78, 5) is 15.7. The molecule has 0 aliphatic carbocycles. The minimum atomic E-state index is -4.50. The molecule has 0 atom stereocenters. The number of rotatable bonds is 5. The number of nitrogens with one attached hydrogen (secondary N) is 3. The third-order valence-corrected chi connectivity index (χ3v) is 3.22. The monoisotopic (exact) mass is 502 g/mol. The number of aliphatic imine (C=N–C) groups is 1. The molecule has 0 unspecified atom stereocenters. The Hall–Kier alpha value is -1.72. The predicted molar refractivity (Wildman–Crippen MR) is 110 cm³/mol. The van der Waals surface area contributed by atoms with Gasteiger partial charge in [0.2, 0.25) is 5.91 Å². The minimum Gasteiger partial charge on any atom is -0.497 e. The third kappa shape index (κ3) is 9.16. The fourth-order valence-corrected chi connectivity index (χ4v) is 2.13. The van der Waals surface area contributed by atoms with Crippen molar-refractivity contribution in [3.05, 3.63) is 29.3 Å². The van der Waals surface area contributed by atoms with Gasteiger partial charge >= 0.3 is 6.18 Å². The highest BCUT2D eigenvalue weighted by atomic mass is 127. The second-order valence-electron chi connectivity index (χ2n) is 6.60. The molecule has 1 rings (SSSR count). The summed E-state index contributed by atoms with van der Waals surface area (Å²) in [5.41, 5.74) is -1.12. The summed E-state index contributed by atoms with van der Waals surface area (Å²) in [6.07, 6.45) is -4.50. The first-order valence-electron chi connectivity index (χ1n) is 7.96. The Morgan fingerprint density at radius 3 is 2.30 bits per heavy atom. The zero-order valence-electron chi connectivity index (χ0n) is 16.0. The van der Waals surface area contributed by atoms with E-state index in [1.807, 2.05) is 20.8 Å². The van der Waals surface area contributed by atoms with Crippen LogP contribution in [0.2, 0.25) is 0 Å². The SMILES string of the molecule is CN=C(NCC(=O)NC(C)(C)C)NCc1ccc(OC)cc1C(F)(F)F.I. The minimum absolute atomic E-state index is 0. The van der Waals surface area contributed by atoms with Crippen LogP contribution in [0.5, 0.6) is 5.75 Å². The Balaban J connectivity index is 0.00000676. The molecule has 27 heavy (non-hydrogen) atoms. The van der Waals surface area contributed by atoms with Crippen LogP contribution in [-0.2, 0) is 17.5 Å². The zero-order chi connectivity index (χ0) is 20.0. The number of halogens is 4. The topological polar surface area (TPSA) is 74.8 Å². The lowest BCUT2D eigenvalue weighted by Crippen LogP contribution is -2.48. The lowest BCUT2D eigenvalue weighted by molar-refractivity contribution is -0.138. The van der Waals surface area contributed by atoms with Crippen molar-refractivity contribution in [2.45, 2.75) is 39.0 Å². The number of carbonyl (C=O) groups is 1. The fraction of sp³-hybridized carbons (Fsp3) is 0.529. The summed E-state index contributed by atoms with van der Waals surface area (Å²) in [6.45, 7) is 5.38. The lowest BCUT2D eigenvalue weighted by atomic mass is 10.1. The smallest absolute Gasteiger partial charge is 0.416 e. The van der Waals surface area contributed by atoms with Crippen molar-refractivity contribution < 1.29 is 22.7 Å².